The fraction of sp³-hybridized carbons (Fsp3) is 0.462. The van der Waals surface area contributed by atoms with Gasteiger partial charge in [0.2, 0.25) is 0 Å². The Morgan fingerprint density at radius 2 is 2.39 bits per heavy atom. The van der Waals surface area contributed by atoms with Crippen LogP contribution in [0, 0.1) is 0 Å². The number of carboxylic acids is 1. The Morgan fingerprint density at radius 1 is 1.67 bits per heavy atom. The molecule has 18 heavy (non-hydrogen) atoms. The second-order valence-corrected chi connectivity index (χ2v) is 5.23. The lowest BCUT2D eigenvalue weighted by molar-refractivity contribution is -0.131. The highest BCUT2D eigenvalue weighted by Gasteiger charge is 2.10. The van der Waals surface area contributed by atoms with Gasteiger partial charge in [-0.2, -0.15) is 0 Å². The molecule has 0 aliphatic rings. The zero-order valence-electron chi connectivity index (χ0n) is 10.9. The van der Waals surface area contributed by atoms with Crippen molar-refractivity contribution in [2.24, 2.45) is 0 Å². The van der Waals surface area contributed by atoms with Gasteiger partial charge in [0.25, 0.3) is 0 Å². The third kappa shape index (κ3) is 5.00. The van der Waals surface area contributed by atoms with E-state index in [2.05, 4.69) is 18.9 Å². The second-order valence-electron chi connectivity index (χ2n) is 4.24. The minimum Gasteiger partial charge on any atom is -0.478 e. The second kappa shape index (κ2) is 7.31. The maximum absolute atomic E-state index is 10.4. The number of hydrogen-bond donors (Lipinski definition) is 1. The van der Waals surface area contributed by atoms with E-state index in [1.54, 1.807) is 24.5 Å². The molecule has 1 rings (SSSR count). The molecule has 1 heterocycles. The fourth-order valence-corrected chi connectivity index (χ4v) is 2.42. The Bertz CT molecular complexity index is 414. The first kappa shape index (κ1) is 14.9. The van der Waals surface area contributed by atoms with E-state index in [-0.39, 0.29) is 0 Å². The van der Waals surface area contributed by atoms with Crippen LogP contribution in [0.5, 0.6) is 0 Å². The first-order chi connectivity index (χ1) is 8.52. The van der Waals surface area contributed by atoms with Gasteiger partial charge in [-0.25, -0.2) is 4.79 Å². The maximum atomic E-state index is 10.4. The smallest absolute Gasteiger partial charge is 0.328 e. The highest BCUT2D eigenvalue weighted by Crippen LogP contribution is 2.18. The maximum Gasteiger partial charge on any atom is 0.328 e. The SMILES string of the molecule is COCC(C)N(C)Cc1cc(C=CC(=O)O)cs1. The van der Waals surface area contributed by atoms with Gasteiger partial charge in [0.15, 0.2) is 0 Å². The Kier molecular flexibility index (Phi) is 6.04. The third-order valence-corrected chi connectivity index (χ3v) is 3.60. The molecule has 0 spiro atoms. The molecule has 1 aromatic heterocycles. The number of nitrogens with zero attached hydrogens (tertiary/aromatic N) is 1. The van der Waals surface area contributed by atoms with Gasteiger partial charge in [-0.05, 0) is 37.1 Å². The zero-order valence-corrected chi connectivity index (χ0v) is 11.7. The summed E-state index contributed by atoms with van der Waals surface area (Å²) in [5.41, 5.74) is 0.935. The number of hydrogen-bond acceptors (Lipinski definition) is 4. The number of ether oxygens (including phenoxy) is 1. The van der Waals surface area contributed by atoms with Gasteiger partial charge >= 0.3 is 5.97 Å². The van der Waals surface area contributed by atoms with E-state index in [0.717, 1.165) is 18.2 Å². The van der Waals surface area contributed by atoms with Gasteiger partial charge in [-0.3, -0.25) is 4.90 Å². The van der Waals surface area contributed by atoms with Crippen LogP contribution in [0.15, 0.2) is 17.5 Å². The predicted octanol–water partition coefficient (Wildman–Crippen LogP) is 2.31. The van der Waals surface area contributed by atoms with Gasteiger partial charge in [-0.15, -0.1) is 11.3 Å². The molecule has 0 amide bonds. The summed E-state index contributed by atoms with van der Waals surface area (Å²) in [4.78, 5) is 13.8. The lowest BCUT2D eigenvalue weighted by Gasteiger charge is -2.23. The summed E-state index contributed by atoms with van der Waals surface area (Å²) in [7, 11) is 3.75. The molecule has 1 unspecified atom stereocenters. The summed E-state index contributed by atoms with van der Waals surface area (Å²) < 4.78 is 5.12. The first-order valence-electron chi connectivity index (χ1n) is 5.70. The van der Waals surface area contributed by atoms with Crippen molar-refractivity contribution in [3.8, 4) is 0 Å². The normalized spacial score (nSPS) is 13.3. The van der Waals surface area contributed by atoms with E-state index in [1.807, 2.05) is 11.4 Å². The van der Waals surface area contributed by atoms with Gasteiger partial charge in [0.05, 0.1) is 6.61 Å². The number of carboxylic acid groups (broad SMARTS) is 1. The van der Waals surface area contributed by atoms with Crippen LogP contribution >= 0.6 is 11.3 Å². The molecule has 0 saturated heterocycles. The fourth-order valence-electron chi connectivity index (χ4n) is 1.51. The Labute approximate surface area is 111 Å². The van der Waals surface area contributed by atoms with Crippen LogP contribution in [0.3, 0.4) is 0 Å². The molecule has 0 aliphatic heterocycles. The number of likely N-dealkylation sites (N-methyl/N-ethyl adjacent to an activating group) is 1. The predicted molar refractivity (Wildman–Crippen MR) is 73.8 cm³/mol. The highest BCUT2D eigenvalue weighted by atomic mass is 32.1. The number of carbonyl (C=O) groups is 1. The molecule has 1 N–H and O–H groups in total. The topological polar surface area (TPSA) is 49.8 Å². The van der Waals surface area contributed by atoms with Gasteiger partial charge in [0, 0.05) is 30.6 Å². The van der Waals surface area contributed by atoms with Gasteiger partial charge < -0.3 is 9.84 Å². The number of methoxy groups -OCH3 is 1. The average molecular weight is 269 g/mol. The summed E-state index contributed by atoms with van der Waals surface area (Å²) in [6.07, 6.45) is 2.77. The molecular formula is C13H19NO3S. The molecule has 1 atom stereocenters. The molecule has 0 radical (unpaired) electrons. The third-order valence-electron chi connectivity index (χ3n) is 2.66. The molecule has 5 heteroatoms. The van der Waals surface area contributed by atoms with Crippen LogP contribution in [-0.2, 0) is 16.1 Å². The Hall–Kier alpha value is -1.17. The zero-order chi connectivity index (χ0) is 13.5. The summed E-state index contributed by atoms with van der Waals surface area (Å²) >= 11 is 1.64. The van der Waals surface area contributed by atoms with Crippen molar-refractivity contribution in [3.63, 3.8) is 0 Å². The Morgan fingerprint density at radius 3 is 3.00 bits per heavy atom. The number of thiophene rings is 1. The van der Waals surface area contributed by atoms with Crippen LogP contribution in [-0.4, -0.2) is 42.8 Å². The van der Waals surface area contributed by atoms with Crippen LogP contribution in [0.2, 0.25) is 0 Å². The van der Waals surface area contributed by atoms with Gasteiger partial charge in [-0.1, -0.05) is 0 Å². The average Bonchev–Trinajstić information content (AvgIpc) is 2.74. The quantitative estimate of drug-likeness (QED) is 0.772. The molecule has 0 saturated carbocycles. The minimum absolute atomic E-state index is 0.357. The summed E-state index contributed by atoms with van der Waals surface area (Å²) in [6.45, 7) is 3.66. The van der Waals surface area contributed by atoms with Crippen molar-refractivity contribution in [2.75, 3.05) is 20.8 Å². The molecule has 0 bridgehead atoms. The molecule has 0 aliphatic carbocycles. The molecule has 1 aromatic rings. The van der Waals surface area contributed by atoms with E-state index >= 15 is 0 Å². The monoisotopic (exact) mass is 269 g/mol. The summed E-state index contributed by atoms with van der Waals surface area (Å²) in [6, 6.07) is 2.37. The molecule has 4 nitrogen and oxygen atoms in total. The lowest BCUT2D eigenvalue weighted by Crippen LogP contribution is -2.31. The van der Waals surface area contributed by atoms with E-state index < -0.39 is 5.97 Å². The Balaban J connectivity index is 2.55. The number of rotatable bonds is 7. The standard InChI is InChI=1S/C13H19NO3S/c1-10(8-17-3)14(2)7-12-6-11(9-18-12)4-5-13(15)16/h4-6,9-10H,7-8H2,1-3H3,(H,15,16). The van der Waals surface area contributed by atoms with Crippen molar-refractivity contribution in [1.82, 2.24) is 4.90 Å². The van der Waals surface area contributed by atoms with E-state index in [1.165, 1.54) is 4.88 Å². The first-order valence-corrected chi connectivity index (χ1v) is 6.58. The van der Waals surface area contributed by atoms with Crippen molar-refractivity contribution < 1.29 is 14.6 Å². The lowest BCUT2D eigenvalue weighted by atomic mass is 10.2. The van der Waals surface area contributed by atoms with Crippen molar-refractivity contribution in [2.45, 2.75) is 19.5 Å². The van der Waals surface area contributed by atoms with Crippen molar-refractivity contribution in [3.05, 3.63) is 28.0 Å². The van der Waals surface area contributed by atoms with E-state index in [9.17, 15) is 4.79 Å². The largest absolute Gasteiger partial charge is 0.478 e. The van der Waals surface area contributed by atoms with E-state index in [4.69, 9.17) is 9.84 Å². The van der Waals surface area contributed by atoms with Crippen LogP contribution in [0.4, 0.5) is 0 Å². The van der Waals surface area contributed by atoms with Crippen molar-refractivity contribution >= 4 is 23.4 Å². The van der Waals surface area contributed by atoms with E-state index in [0.29, 0.717) is 12.6 Å². The summed E-state index contributed by atoms with van der Waals surface area (Å²) in [5, 5.41) is 10.5. The van der Waals surface area contributed by atoms with Gasteiger partial charge in [0.1, 0.15) is 0 Å². The van der Waals surface area contributed by atoms with Crippen LogP contribution in [0.25, 0.3) is 6.08 Å². The molecule has 100 valence electrons. The molecule has 0 aromatic carbocycles. The minimum atomic E-state index is -0.923. The molecular weight excluding hydrogens is 250 g/mol. The number of aliphatic carboxylic acids is 1. The van der Waals surface area contributed by atoms with Crippen LogP contribution < -0.4 is 0 Å². The van der Waals surface area contributed by atoms with Crippen LogP contribution in [0.1, 0.15) is 17.4 Å². The molecule has 0 fully saturated rings. The summed E-state index contributed by atoms with van der Waals surface area (Å²) in [5.74, 6) is -0.923. The van der Waals surface area contributed by atoms with Crippen molar-refractivity contribution in [1.29, 1.82) is 0 Å². The highest BCUT2D eigenvalue weighted by molar-refractivity contribution is 7.10.